The van der Waals surface area contributed by atoms with Crippen molar-refractivity contribution in [2.24, 2.45) is 0 Å². The normalized spacial score (nSPS) is 28.1. The fourth-order valence-electron chi connectivity index (χ4n) is 4.69. The van der Waals surface area contributed by atoms with Gasteiger partial charge in [-0.2, -0.15) is 0 Å². The fourth-order valence-corrected chi connectivity index (χ4v) is 5.80. The number of thiophene rings is 1. The van der Waals surface area contributed by atoms with E-state index in [2.05, 4.69) is 33.8 Å². The van der Waals surface area contributed by atoms with Gasteiger partial charge in [-0.25, -0.2) is 0 Å². The van der Waals surface area contributed by atoms with Crippen molar-refractivity contribution in [3.8, 4) is 0 Å². The van der Waals surface area contributed by atoms with Crippen molar-refractivity contribution in [2.45, 2.75) is 70.6 Å². The molecule has 0 aliphatic carbocycles. The summed E-state index contributed by atoms with van der Waals surface area (Å²) < 4.78 is 0. The molecule has 3 aliphatic heterocycles. The first-order valence-corrected chi connectivity index (χ1v) is 10.9. The molecule has 1 aromatic rings. The van der Waals surface area contributed by atoms with Gasteiger partial charge in [-0.1, -0.05) is 12.8 Å². The third kappa shape index (κ3) is 4.04. The minimum atomic E-state index is 0.809. The maximum atomic E-state index is 2.77. The highest BCUT2D eigenvalue weighted by Gasteiger charge is 2.34. The van der Waals surface area contributed by atoms with E-state index in [1.54, 1.807) is 9.75 Å². The molecule has 0 bridgehead atoms. The molecular formula is C20H33N3S. The number of nitrogens with zero attached hydrogens (tertiary/aromatic N) is 3. The molecule has 4 rings (SSSR count). The molecule has 1 atom stereocenters. The van der Waals surface area contributed by atoms with Gasteiger partial charge >= 0.3 is 0 Å². The molecule has 0 amide bonds. The average molecular weight is 348 g/mol. The highest BCUT2D eigenvalue weighted by molar-refractivity contribution is 7.11. The van der Waals surface area contributed by atoms with Crippen LogP contribution in [-0.2, 0) is 13.1 Å². The Kier molecular flexibility index (Phi) is 5.57. The molecule has 4 heteroatoms. The third-order valence-corrected chi connectivity index (χ3v) is 7.24. The second-order valence-corrected chi connectivity index (χ2v) is 9.39. The van der Waals surface area contributed by atoms with Crippen LogP contribution in [0.25, 0.3) is 0 Å². The van der Waals surface area contributed by atoms with E-state index in [1.807, 2.05) is 11.3 Å². The van der Waals surface area contributed by atoms with Gasteiger partial charge in [0.15, 0.2) is 0 Å². The summed E-state index contributed by atoms with van der Waals surface area (Å²) in [6, 6.07) is 6.39. The molecule has 0 N–H and O–H groups in total. The van der Waals surface area contributed by atoms with Crippen molar-refractivity contribution in [2.75, 3.05) is 32.7 Å². The van der Waals surface area contributed by atoms with E-state index in [0.717, 1.165) is 12.1 Å². The Labute approximate surface area is 151 Å². The molecule has 0 unspecified atom stereocenters. The zero-order chi connectivity index (χ0) is 16.4. The summed E-state index contributed by atoms with van der Waals surface area (Å²) in [4.78, 5) is 11.2. The van der Waals surface area contributed by atoms with E-state index in [1.165, 1.54) is 84.3 Å². The van der Waals surface area contributed by atoms with Crippen LogP contribution in [0.1, 0.15) is 55.2 Å². The summed E-state index contributed by atoms with van der Waals surface area (Å²) in [5.41, 5.74) is 0. The molecule has 3 saturated heterocycles. The Hall–Kier alpha value is -0.420. The van der Waals surface area contributed by atoms with Crippen molar-refractivity contribution in [1.29, 1.82) is 0 Å². The number of rotatable bonds is 5. The SMILES string of the molecule is C[C@H]1CCCCN1C1CN(Cc2ccc(CN3CCCCC3)s2)C1. The molecule has 24 heavy (non-hydrogen) atoms. The molecule has 1 aromatic heterocycles. The zero-order valence-electron chi connectivity index (χ0n) is 15.3. The Bertz CT molecular complexity index is 517. The van der Waals surface area contributed by atoms with Crippen LogP contribution in [0, 0.1) is 0 Å². The molecule has 0 saturated carbocycles. The first-order valence-electron chi connectivity index (χ1n) is 10.1. The predicted octanol–water partition coefficient (Wildman–Crippen LogP) is 3.79. The largest absolute Gasteiger partial charge is 0.298 e. The standard InChI is InChI=1S/C20H33N3S/c1-17-7-3-6-12-23(17)18-13-22(14-18)16-20-9-8-19(24-20)15-21-10-4-2-5-11-21/h8-9,17-18H,2-7,10-16H2,1H3/t17-/m0/s1. The van der Waals surface area contributed by atoms with E-state index in [-0.39, 0.29) is 0 Å². The number of piperidine rings is 2. The lowest BCUT2D eigenvalue weighted by Crippen LogP contribution is -2.61. The van der Waals surface area contributed by atoms with Gasteiger partial charge in [0.1, 0.15) is 0 Å². The van der Waals surface area contributed by atoms with Crippen LogP contribution in [0.5, 0.6) is 0 Å². The van der Waals surface area contributed by atoms with Crippen molar-refractivity contribution < 1.29 is 0 Å². The van der Waals surface area contributed by atoms with Crippen LogP contribution in [0.15, 0.2) is 12.1 Å². The van der Waals surface area contributed by atoms with Gasteiger partial charge < -0.3 is 0 Å². The first kappa shape index (κ1) is 17.0. The molecule has 134 valence electrons. The monoisotopic (exact) mass is 347 g/mol. The third-order valence-electron chi connectivity index (χ3n) is 6.19. The van der Waals surface area contributed by atoms with Crippen molar-refractivity contribution in [3.05, 3.63) is 21.9 Å². The predicted molar refractivity (Wildman–Crippen MR) is 103 cm³/mol. The van der Waals surface area contributed by atoms with Gasteiger partial charge in [0.2, 0.25) is 0 Å². The van der Waals surface area contributed by atoms with E-state index < -0.39 is 0 Å². The van der Waals surface area contributed by atoms with E-state index in [0.29, 0.717) is 0 Å². The van der Waals surface area contributed by atoms with Crippen molar-refractivity contribution in [1.82, 2.24) is 14.7 Å². The van der Waals surface area contributed by atoms with Crippen molar-refractivity contribution in [3.63, 3.8) is 0 Å². The summed E-state index contributed by atoms with van der Waals surface area (Å²) in [6.07, 6.45) is 8.46. The van der Waals surface area contributed by atoms with E-state index in [9.17, 15) is 0 Å². The van der Waals surface area contributed by atoms with Crippen LogP contribution in [0.2, 0.25) is 0 Å². The maximum absolute atomic E-state index is 2.77. The maximum Gasteiger partial charge on any atom is 0.0353 e. The lowest BCUT2D eigenvalue weighted by Gasteiger charge is -2.49. The topological polar surface area (TPSA) is 9.72 Å². The van der Waals surface area contributed by atoms with Gasteiger partial charge in [0.05, 0.1) is 0 Å². The van der Waals surface area contributed by atoms with Crippen molar-refractivity contribution >= 4 is 11.3 Å². The molecular weight excluding hydrogens is 314 g/mol. The lowest BCUT2D eigenvalue weighted by atomic mass is 9.97. The lowest BCUT2D eigenvalue weighted by molar-refractivity contribution is -0.00574. The minimum absolute atomic E-state index is 0.809. The fraction of sp³-hybridized carbons (Fsp3) is 0.800. The summed E-state index contributed by atoms with van der Waals surface area (Å²) in [6.45, 7) is 11.3. The molecule has 0 spiro atoms. The second-order valence-electron chi connectivity index (χ2n) is 8.14. The molecule has 3 nitrogen and oxygen atoms in total. The smallest absolute Gasteiger partial charge is 0.0353 e. The Morgan fingerprint density at radius 3 is 2.25 bits per heavy atom. The summed E-state index contributed by atoms with van der Waals surface area (Å²) in [5, 5.41) is 0. The van der Waals surface area contributed by atoms with E-state index >= 15 is 0 Å². The van der Waals surface area contributed by atoms with Gasteiger partial charge in [0.25, 0.3) is 0 Å². The Balaban J connectivity index is 1.22. The van der Waals surface area contributed by atoms with Crippen LogP contribution in [0.3, 0.4) is 0 Å². The van der Waals surface area contributed by atoms with Crippen LogP contribution < -0.4 is 0 Å². The first-order chi connectivity index (χ1) is 11.8. The zero-order valence-corrected chi connectivity index (χ0v) is 16.1. The molecule has 3 aliphatic rings. The number of likely N-dealkylation sites (tertiary alicyclic amines) is 3. The molecule has 3 fully saturated rings. The molecule has 4 heterocycles. The Morgan fingerprint density at radius 2 is 1.54 bits per heavy atom. The highest BCUT2D eigenvalue weighted by Crippen LogP contribution is 2.27. The van der Waals surface area contributed by atoms with Crippen LogP contribution in [-0.4, -0.2) is 59.5 Å². The summed E-state index contributed by atoms with van der Waals surface area (Å²) >= 11 is 2.04. The minimum Gasteiger partial charge on any atom is -0.298 e. The molecule has 0 aromatic carbocycles. The average Bonchev–Trinajstić information content (AvgIpc) is 3.00. The quantitative estimate of drug-likeness (QED) is 0.802. The van der Waals surface area contributed by atoms with Crippen LogP contribution in [0.4, 0.5) is 0 Å². The van der Waals surface area contributed by atoms with Gasteiger partial charge in [-0.3, -0.25) is 14.7 Å². The summed E-state index contributed by atoms with van der Waals surface area (Å²) in [5.74, 6) is 0. The number of hydrogen-bond acceptors (Lipinski definition) is 4. The summed E-state index contributed by atoms with van der Waals surface area (Å²) in [7, 11) is 0. The van der Waals surface area contributed by atoms with Gasteiger partial charge in [-0.05, 0) is 64.4 Å². The van der Waals surface area contributed by atoms with Crippen LogP contribution >= 0.6 is 11.3 Å². The second kappa shape index (κ2) is 7.86. The van der Waals surface area contributed by atoms with Gasteiger partial charge in [0, 0.05) is 48.0 Å². The van der Waals surface area contributed by atoms with E-state index in [4.69, 9.17) is 0 Å². The molecule has 0 radical (unpaired) electrons. The Morgan fingerprint density at radius 1 is 0.875 bits per heavy atom. The highest BCUT2D eigenvalue weighted by atomic mass is 32.1. The number of hydrogen-bond donors (Lipinski definition) is 0. The van der Waals surface area contributed by atoms with Gasteiger partial charge in [-0.15, -0.1) is 11.3 Å².